The maximum absolute atomic E-state index is 12.8. The van der Waals surface area contributed by atoms with E-state index >= 15 is 0 Å². The molecule has 4 nitrogen and oxygen atoms in total. The Labute approximate surface area is 115 Å². The molecule has 1 aromatic heterocycles. The van der Waals surface area contributed by atoms with Gasteiger partial charge in [0.25, 0.3) is 0 Å². The molecule has 0 aromatic carbocycles. The van der Waals surface area contributed by atoms with Gasteiger partial charge in [-0.15, -0.1) is 13.2 Å². The summed E-state index contributed by atoms with van der Waals surface area (Å²) in [7, 11) is 0. The van der Waals surface area contributed by atoms with Crippen molar-refractivity contribution in [2.24, 2.45) is 0 Å². The van der Waals surface area contributed by atoms with Crippen molar-refractivity contribution in [3.63, 3.8) is 0 Å². The number of pyridine rings is 1. The Morgan fingerprint density at radius 1 is 1.30 bits per heavy atom. The molecule has 0 spiro atoms. The van der Waals surface area contributed by atoms with E-state index in [1.54, 1.807) is 0 Å². The Bertz CT molecular complexity index is 528. The van der Waals surface area contributed by atoms with Crippen molar-refractivity contribution in [3.05, 3.63) is 23.0 Å². The Morgan fingerprint density at radius 2 is 1.85 bits per heavy atom. The summed E-state index contributed by atoms with van der Waals surface area (Å²) in [5, 5.41) is 8.38. The van der Waals surface area contributed by atoms with Crippen LogP contribution < -0.4 is 4.74 Å². The van der Waals surface area contributed by atoms with Crippen LogP contribution in [0, 0.1) is 0 Å². The van der Waals surface area contributed by atoms with E-state index in [0.29, 0.717) is 0 Å². The van der Waals surface area contributed by atoms with E-state index in [2.05, 4.69) is 25.7 Å². The van der Waals surface area contributed by atoms with Crippen molar-refractivity contribution in [1.29, 1.82) is 0 Å². The molecule has 11 heteroatoms. The van der Waals surface area contributed by atoms with Crippen molar-refractivity contribution < 1.29 is 41.0 Å². The number of halogens is 7. The lowest BCUT2D eigenvalue weighted by atomic mass is 10.1. The van der Waals surface area contributed by atoms with Gasteiger partial charge in [-0.05, 0) is 0 Å². The smallest absolute Gasteiger partial charge is 0.478 e. The second-order valence-corrected chi connectivity index (χ2v) is 3.86. The van der Waals surface area contributed by atoms with Gasteiger partial charge in [-0.1, -0.05) is 15.9 Å². The summed E-state index contributed by atoms with van der Waals surface area (Å²) in [5.41, 5.74) is -4.00. The van der Waals surface area contributed by atoms with Gasteiger partial charge < -0.3 is 9.84 Å². The minimum absolute atomic E-state index is 0.180. The Kier molecular flexibility index (Phi) is 4.52. The largest absolute Gasteiger partial charge is 0.573 e. The zero-order chi connectivity index (χ0) is 15.7. The topological polar surface area (TPSA) is 59.4 Å². The van der Waals surface area contributed by atoms with Crippen LogP contribution in [0.3, 0.4) is 0 Å². The SMILES string of the molecule is O=C(O)c1c(CBr)ncc(OC(F)(F)F)c1C(F)(F)F. The molecule has 0 atom stereocenters. The van der Waals surface area contributed by atoms with Crippen LogP contribution in [0.25, 0.3) is 0 Å². The first-order valence-electron chi connectivity index (χ1n) is 4.61. The Hall–Kier alpha value is -1.52. The second-order valence-electron chi connectivity index (χ2n) is 3.30. The summed E-state index contributed by atoms with van der Waals surface area (Å²) in [4.78, 5) is 14.1. The molecular weight excluding hydrogens is 364 g/mol. The number of hydrogen-bond acceptors (Lipinski definition) is 3. The van der Waals surface area contributed by atoms with E-state index in [-0.39, 0.29) is 11.5 Å². The van der Waals surface area contributed by atoms with Crippen molar-refractivity contribution in [2.75, 3.05) is 0 Å². The van der Waals surface area contributed by atoms with Crippen LogP contribution >= 0.6 is 15.9 Å². The molecule has 0 bridgehead atoms. The van der Waals surface area contributed by atoms with Crippen LogP contribution in [-0.4, -0.2) is 22.4 Å². The summed E-state index contributed by atoms with van der Waals surface area (Å²) in [6, 6.07) is 0. The van der Waals surface area contributed by atoms with Crippen LogP contribution in [0.2, 0.25) is 0 Å². The van der Waals surface area contributed by atoms with Gasteiger partial charge in [-0.2, -0.15) is 13.2 Å². The number of rotatable bonds is 3. The van der Waals surface area contributed by atoms with Gasteiger partial charge in [0.15, 0.2) is 5.75 Å². The molecule has 0 fully saturated rings. The van der Waals surface area contributed by atoms with Gasteiger partial charge in [-0.3, -0.25) is 4.98 Å². The van der Waals surface area contributed by atoms with Crippen LogP contribution in [0.4, 0.5) is 26.3 Å². The number of carboxylic acid groups (broad SMARTS) is 1. The molecule has 0 aliphatic carbocycles. The van der Waals surface area contributed by atoms with Gasteiger partial charge >= 0.3 is 18.5 Å². The molecule has 1 rings (SSSR count). The molecule has 20 heavy (non-hydrogen) atoms. The normalized spacial score (nSPS) is 12.3. The molecule has 0 saturated carbocycles. The summed E-state index contributed by atoms with van der Waals surface area (Å²) in [6.07, 6.45) is -10.6. The fourth-order valence-corrected chi connectivity index (χ4v) is 1.77. The number of hydrogen-bond donors (Lipinski definition) is 1. The molecule has 112 valence electrons. The predicted molar refractivity (Wildman–Crippen MR) is 55.5 cm³/mol. The van der Waals surface area contributed by atoms with Crippen LogP contribution in [0.15, 0.2) is 6.20 Å². The van der Waals surface area contributed by atoms with Crippen LogP contribution in [0.1, 0.15) is 21.6 Å². The molecule has 0 unspecified atom stereocenters. The van der Waals surface area contributed by atoms with E-state index in [1.165, 1.54) is 0 Å². The summed E-state index contributed by atoms with van der Waals surface area (Å²) in [5.74, 6) is -3.78. The standard InChI is InChI=1S/C9H4BrF6NO3/c10-1-3-5(7(18)19)6(8(11,12)13)4(2-17-3)20-9(14,15)16/h2H,1H2,(H,18,19). The molecular formula is C9H4BrF6NO3. The van der Waals surface area contributed by atoms with E-state index in [0.717, 1.165) is 0 Å². The quantitative estimate of drug-likeness (QED) is 0.655. The molecule has 0 aliphatic heterocycles. The van der Waals surface area contributed by atoms with Crippen LogP contribution in [-0.2, 0) is 11.5 Å². The number of aromatic nitrogens is 1. The maximum atomic E-state index is 12.8. The minimum atomic E-state index is -5.41. The number of nitrogens with zero attached hydrogens (tertiary/aromatic N) is 1. The first kappa shape index (κ1) is 16.5. The van der Waals surface area contributed by atoms with Crippen molar-refractivity contribution in [1.82, 2.24) is 4.98 Å². The first-order chi connectivity index (χ1) is 8.97. The lowest BCUT2D eigenvalue weighted by molar-refractivity contribution is -0.276. The number of carboxylic acids is 1. The van der Waals surface area contributed by atoms with Gasteiger partial charge in [0.1, 0.15) is 5.56 Å². The third-order valence-corrected chi connectivity index (χ3v) is 2.50. The lowest BCUT2D eigenvalue weighted by Crippen LogP contribution is -2.23. The highest BCUT2D eigenvalue weighted by Crippen LogP contribution is 2.41. The van der Waals surface area contributed by atoms with Gasteiger partial charge in [0.2, 0.25) is 0 Å². The molecule has 0 radical (unpaired) electrons. The number of ether oxygens (including phenoxy) is 1. The average molecular weight is 368 g/mol. The van der Waals surface area contributed by atoms with Crippen molar-refractivity contribution in [2.45, 2.75) is 17.9 Å². The van der Waals surface area contributed by atoms with Crippen molar-refractivity contribution >= 4 is 21.9 Å². The Balaban J connectivity index is 3.62. The van der Waals surface area contributed by atoms with Gasteiger partial charge in [0, 0.05) is 5.33 Å². The summed E-state index contributed by atoms with van der Waals surface area (Å²) in [6.45, 7) is 0. The number of aromatic carboxylic acids is 1. The second kappa shape index (κ2) is 5.46. The molecule has 0 aliphatic rings. The maximum Gasteiger partial charge on any atom is 0.573 e. The minimum Gasteiger partial charge on any atom is -0.478 e. The Morgan fingerprint density at radius 3 is 2.20 bits per heavy atom. The molecule has 1 N–H and O–H groups in total. The fourth-order valence-electron chi connectivity index (χ4n) is 1.35. The number of alkyl halides is 7. The zero-order valence-electron chi connectivity index (χ0n) is 9.14. The highest BCUT2D eigenvalue weighted by atomic mass is 79.9. The van der Waals surface area contributed by atoms with Crippen molar-refractivity contribution in [3.8, 4) is 5.75 Å². The summed E-state index contributed by atoms with van der Waals surface area (Å²) < 4.78 is 77.8. The monoisotopic (exact) mass is 367 g/mol. The number of carbonyl (C=O) groups is 1. The van der Waals surface area contributed by atoms with E-state index in [4.69, 9.17) is 5.11 Å². The lowest BCUT2D eigenvalue weighted by Gasteiger charge is -2.18. The fraction of sp³-hybridized carbons (Fsp3) is 0.333. The third kappa shape index (κ3) is 3.74. The highest BCUT2D eigenvalue weighted by molar-refractivity contribution is 9.08. The molecule has 0 saturated heterocycles. The third-order valence-electron chi connectivity index (χ3n) is 1.97. The molecule has 0 amide bonds. The van der Waals surface area contributed by atoms with E-state index in [1.807, 2.05) is 0 Å². The molecule has 1 aromatic rings. The highest BCUT2D eigenvalue weighted by Gasteiger charge is 2.44. The molecule has 1 heterocycles. The van der Waals surface area contributed by atoms with Gasteiger partial charge in [-0.25, -0.2) is 4.79 Å². The van der Waals surface area contributed by atoms with E-state index in [9.17, 15) is 31.1 Å². The van der Waals surface area contributed by atoms with E-state index < -0.39 is 41.1 Å². The van der Waals surface area contributed by atoms with Crippen LogP contribution in [0.5, 0.6) is 5.75 Å². The average Bonchev–Trinajstić information content (AvgIpc) is 2.24. The zero-order valence-corrected chi connectivity index (χ0v) is 10.7. The first-order valence-corrected chi connectivity index (χ1v) is 5.73. The van der Waals surface area contributed by atoms with Gasteiger partial charge in [0.05, 0.1) is 17.5 Å². The predicted octanol–water partition coefficient (Wildman–Crippen LogP) is 3.59. The summed E-state index contributed by atoms with van der Waals surface area (Å²) >= 11 is 2.71.